The standard InChI is InChI=1S/C10H12BrNO2S/c1-12(2)10(13)15-9-6-7(14-3)4-5-8(9)11/h4-6H,1-3H3. The molecule has 0 aromatic heterocycles. The first kappa shape index (κ1) is 12.4. The Bertz CT molecular complexity index is 368. The first-order valence-electron chi connectivity index (χ1n) is 4.27. The highest BCUT2D eigenvalue weighted by atomic mass is 79.9. The lowest BCUT2D eigenvalue weighted by Gasteiger charge is -2.10. The SMILES string of the molecule is COc1ccc(Br)c(SC(=O)N(C)C)c1. The smallest absolute Gasteiger partial charge is 0.285 e. The van der Waals surface area contributed by atoms with Gasteiger partial charge in [0.1, 0.15) is 5.75 Å². The maximum absolute atomic E-state index is 11.5. The molecule has 0 spiro atoms. The summed E-state index contributed by atoms with van der Waals surface area (Å²) in [6.45, 7) is 0. The van der Waals surface area contributed by atoms with Crippen molar-refractivity contribution in [2.45, 2.75) is 4.90 Å². The van der Waals surface area contributed by atoms with E-state index in [0.29, 0.717) is 0 Å². The van der Waals surface area contributed by atoms with Crippen LogP contribution in [0.4, 0.5) is 4.79 Å². The van der Waals surface area contributed by atoms with Crippen LogP contribution in [-0.2, 0) is 0 Å². The molecule has 0 aliphatic carbocycles. The quantitative estimate of drug-likeness (QED) is 0.783. The summed E-state index contributed by atoms with van der Waals surface area (Å²) >= 11 is 4.56. The van der Waals surface area contributed by atoms with Gasteiger partial charge in [0.25, 0.3) is 5.24 Å². The van der Waals surface area contributed by atoms with Crippen LogP contribution < -0.4 is 4.74 Å². The van der Waals surface area contributed by atoms with Gasteiger partial charge in [0, 0.05) is 23.5 Å². The van der Waals surface area contributed by atoms with Crippen molar-refractivity contribution < 1.29 is 9.53 Å². The van der Waals surface area contributed by atoms with Crippen LogP contribution in [0.1, 0.15) is 0 Å². The fourth-order valence-corrected chi connectivity index (χ4v) is 2.07. The number of amides is 1. The number of rotatable bonds is 2. The van der Waals surface area contributed by atoms with E-state index in [1.165, 1.54) is 16.7 Å². The predicted molar refractivity (Wildman–Crippen MR) is 65.6 cm³/mol. The predicted octanol–water partition coefficient (Wildman–Crippen LogP) is 3.23. The Morgan fingerprint density at radius 2 is 2.13 bits per heavy atom. The number of benzene rings is 1. The minimum Gasteiger partial charge on any atom is -0.497 e. The first-order valence-corrected chi connectivity index (χ1v) is 5.88. The normalized spacial score (nSPS) is 9.87. The molecule has 5 heteroatoms. The van der Waals surface area contributed by atoms with E-state index in [1.54, 1.807) is 21.2 Å². The molecule has 0 bridgehead atoms. The van der Waals surface area contributed by atoms with E-state index in [-0.39, 0.29) is 5.24 Å². The third-order valence-electron chi connectivity index (χ3n) is 1.70. The molecule has 3 nitrogen and oxygen atoms in total. The first-order chi connectivity index (χ1) is 7.04. The van der Waals surface area contributed by atoms with Gasteiger partial charge in [-0.2, -0.15) is 0 Å². The summed E-state index contributed by atoms with van der Waals surface area (Å²) in [5.41, 5.74) is 0. The molecule has 0 atom stereocenters. The summed E-state index contributed by atoms with van der Waals surface area (Å²) in [6, 6.07) is 5.54. The molecule has 1 aromatic rings. The van der Waals surface area contributed by atoms with Crippen LogP contribution in [0.15, 0.2) is 27.6 Å². The third-order valence-corrected chi connectivity index (χ3v) is 3.75. The molecular weight excluding hydrogens is 278 g/mol. The van der Waals surface area contributed by atoms with Crippen molar-refractivity contribution in [3.05, 3.63) is 22.7 Å². The molecule has 0 aliphatic heterocycles. The molecule has 82 valence electrons. The second kappa shape index (κ2) is 5.42. The fourth-order valence-electron chi connectivity index (χ4n) is 0.874. The average molecular weight is 290 g/mol. The van der Waals surface area contributed by atoms with Crippen LogP contribution in [0.3, 0.4) is 0 Å². The second-order valence-corrected chi connectivity index (χ2v) is 4.91. The van der Waals surface area contributed by atoms with Crippen molar-refractivity contribution in [3.8, 4) is 5.75 Å². The molecule has 0 radical (unpaired) electrons. The number of methoxy groups -OCH3 is 1. The van der Waals surface area contributed by atoms with Gasteiger partial charge >= 0.3 is 0 Å². The summed E-state index contributed by atoms with van der Waals surface area (Å²) in [6.07, 6.45) is 0. The molecule has 0 heterocycles. The Labute approximate surface area is 102 Å². The van der Waals surface area contributed by atoms with Gasteiger partial charge in [-0.1, -0.05) is 0 Å². The average Bonchev–Trinajstić information content (AvgIpc) is 2.21. The molecule has 1 amide bonds. The Balaban J connectivity index is 2.88. The molecule has 0 fully saturated rings. The summed E-state index contributed by atoms with van der Waals surface area (Å²) < 4.78 is 5.98. The fraction of sp³-hybridized carbons (Fsp3) is 0.300. The van der Waals surface area contributed by atoms with Gasteiger partial charge in [-0.25, -0.2) is 0 Å². The van der Waals surface area contributed by atoms with Crippen LogP contribution in [0.5, 0.6) is 5.75 Å². The Kier molecular flexibility index (Phi) is 4.47. The zero-order chi connectivity index (χ0) is 11.4. The number of halogens is 1. The highest BCUT2D eigenvalue weighted by Gasteiger charge is 2.10. The van der Waals surface area contributed by atoms with Crippen LogP contribution in [-0.4, -0.2) is 31.3 Å². The summed E-state index contributed by atoms with van der Waals surface area (Å²) in [5.74, 6) is 0.743. The van der Waals surface area contributed by atoms with Crippen LogP contribution >= 0.6 is 27.7 Å². The van der Waals surface area contributed by atoms with Crippen molar-refractivity contribution in [1.82, 2.24) is 4.90 Å². The van der Waals surface area contributed by atoms with E-state index in [2.05, 4.69) is 15.9 Å². The lowest BCUT2D eigenvalue weighted by molar-refractivity contribution is 0.241. The van der Waals surface area contributed by atoms with Crippen molar-refractivity contribution >= 4 is 32.9 Å². The molecular formula is C10H12BrNO2S. The number of carbonyl (C=O) groups is 1. The van der Waals surface area contributed by atoms with Gasteiger partial charge in [0.2, 0.25) is 0 Å². The van der Waals surface area contributed by atoms with Gasteiger partial charge < -0.3 is 9.64 Å². The van der Waals surface area contributed by atoms with Crippen LogP contribution in [0.25, 0.3) is 0 Å². The summed E-state index contributed by atoms with van der Waals surface area (Å²) in [7, 11) is 5.05. The van der Waals surface area contributed by atoms with Crippen molar-refractivity contribution in [1.29, 1.82) is 0 Å². The monoisotopic (exact) mass is 289 g/mol. The number of thioether (sulfide) groups is 1. The molecule has 0 N–H and O–H groups in total. The van der Waals surface area contributed by atoms with Crippen LogP contribution in [0.2, 0.25) is 0 Å². The molecule has 1 rings (SSSR count). The molecule has 0 saturated heterocycles. The van der Waals surface area contributed by atoms with E-state index in [9.17, 15) is 4.79 Å². The zero-order valence-corrected chi connectivity index (χ0v) is 11.2. The summed E-state index contributed by atoms with van der Waals surface area (Å²) in [5, 5.41) is -0.0102. The molecule has 0 saturated carbocycles. The van der Waals surface area contributed by atoms with E-state index >= 15 is 0 Å². The van der Waals surface area contributed by atoms with Gasteiger partial charge in [0.05, 0.1) is 7.11 Å². The van der Waals surface area contributed by atoms with E-state index in [1.807, 2.05) is 18.2 Å². The molecule has 1 aromatic carbocycles. The minimum atomic E-state index is -0.0102. The van der Waals surface area contributed by atoms with Gasteiger partial charge in [-0.15, -0.1) is 0 Å². The second-order valence-electron chi connectivity index (χ2n) is 3.06. The van der Waals surface area contributed by atoms with E-state index < -0.39 is 0 Å². The minimum absolute atomic E-state index is 0.0102. The Hall–Kier alpha value is -0.680. The maximum atomic E-state index is 11.5. The molecule has 15 heavy (non-hydrogen) atoms. The van der Waals surface area contributed by atoms with Crippen LogP contribution in [0, 0.1) is 0 Å². The number of ether oxygens (including phenoxy) is 1. The lowest BCUT2D eigenvalue weighted by Crippen LogP contribution is -2.16. The van der Waals surface area contributed by atoms with Crippen molar-refractivity contribution in [2.75, 3.05) is 21.2 Å². The molecule has 0 unspecified atom stereocenters. The van der Waals surface area contributed by atoms with E-state index in [0.717, 1.165) is 15.1 Å². The van der Waals surface area contributed by atoms with Gasteiger partial charge in [0.15, 0.2) is 0 Å². The Morgan fingerprint density at radius 3 is 2.67 bits per heavy atom. The Morgan fingerprint density at radius 1 is 1.47 bits per heavy atom. The summed E-state index contributed by atoms with van der Waals surface area (Å²) in [4.78, 5) is 13.9. The largest absolute Gasteiger partial charge is 0.497 e. The topological polar surface area (TPSA) is 29.5 Å². The van der Waals surface area contributed by atoms with Gasteiger partial charge in [-0.05, 0) is 45.9 Å². The highest BCUT2D eigenvalue weighted by molar-refractivity contribution is 9.10. The molecule has 0 aliphatic rings. The number of hydrogen-bond acceptors (Lipinski definition) is 3. The van der Waals surface area contributed by atoms with Crippen molar-refractivity contribution in [2.24, 2.45) is 0 Å². The zero-order valence-electron chi connectivity index (χ0n) is 8.78. The number of carbonyl (C=O) groups excluding carboxylic acids is 1. The number of hydrogen-bond donors (Lipinski definition) is 0. The number of nitrogens with zero attached hydrogens (tertiary/aromatic N) is 1. The lowest BCUT2D eigenvalue weighted by atomic mass is 10.3. The highest BCUT2D eigenvalue weighted by Crippen LogP contribution is 2.32. The van der Waals surface area contributed by atoms with Crippen molar-refractivity contribution in [3.63, 3.8) is 0 Å². The van der Waals surface area contributed by atoms with Gasteiger partial charge in [-0.3, -0.25) is 4.79 Å². The third kappa shape index (κ3) is 3.43. The van der Waals surface area contributed by atoms with E-state index in [4.69, 9.17) is 4.74 Å². The maximum Gasteiger partial charge on any atom is 0.285 e.